The molecule has 0 atom stereocenters. The second-order valence-corrected chi connectivity index (χ2v) is 4.43. The largest absolute Gasteiger partial charge is 0.507 e. The molecule has 0 aliphatic carbocycles. The fraction of sp³-hybridized carbons (Fsp3) is 0.538. The summed E-state index contributed by atoms with van der Waals surface area (Å²) >= 11 is 4.20. The highest BCUT2D eigenvalue weighted by Crippen LogP contribution is 2.26. The molecule has 2 heteroatoms. The molecular weight excluding hydrogens is 204 g/mol. The van der Waals surface area contributed by atoms with Gasteiger partial charge in [-0.1, -0.05) is 44.7 Å². The topological polar surface area (TPSA) is 20.2 Å². The van der Waals surface area contributed by atoms with Gasteiger partial charge in [-0.05, 0) is 24.5 Å². The van der Waals surface area contributed by atoms with Crippen molar-refractivity contribution in [2.45, 2.75) is 50.3 Å². The maximum atomic E-state index is 9.72. The number of aryl methyl sites for hydroxylation is 1. The van der Waals surface area contributed by atoms with Gasteiger partial charge in [-0.2, -0.15) is 0 Å². The first-order valence-corrected chi connectivity index (χ1v) is 6.20. The SMILES string of the molecule is CCCCCCCc1cccc(S)c1O. The second-order valence-electron chi connectivity index (χ2n) is 3.95. The summed E-state index contributed by atoms with van der Waals surface area (Å²) in [7, 11) is 0. The Kier molecular flexibility index (Phi) is 5.62. The van der Waals surface area contributed by atoms with Gasteiger partial charge >= 0.3 is 0 Å². The number of unbranched alkanes of at least 4 members (excludes halogenated alkanes) is 4. The normalized spacial score (nSPS) is 10.5. The Bertz CT molecular complexity index is 297. The van der Waals surface area contributed by atoms with Crippen molar-refractivity contribution in [1.29, 1.82) is 0 Å². The zero-order valence-corrected chi connectivity index (χ0v) is 10.3. The monoisotopic (exact) mass is 224 g/mol. The van der Waals surface area contributed by atoms with Gasteiger partial charge in [0.15, 0.2) is 0 Å². The summed E-state index contributed by atoms with van der Waals surface area (Å²) in [5, 5.41) is 9.72. The van der Waals surface area contributed by atoms with Crippen LogP contribution < -0.4 is 0 Å². The molecule has 15 heavy (non-hydrogen) atoms. The summed E-state index contributed by atoms with van der Waals surface area (Å²) in [6, 6.07) is 5.75. The van der Waals surface area contributed by atoms with Crippen molar-refractivity contribution in [3.63, 3.8) is 0 Å². The first-order valence-electron chi connectivity index (χ1n) is 5.75. The highest BCUT2D eigenvalue weighted by atomic mass is 32.1. The molecule has 84 valence electrons. The van der Waals surface area contributed by atoms with Crippen LogP contribution in [-0.2, 0) is 6.42 Å². The smallest absolute Gasteiger partial charge is 0.132 e. The maximum absolute atomic E-state index is 9.72. The van der Waals surface area contributed by atoms with Crippen LogP contribution in [0.1, 0.15) is 44.6 Å². The van der Waals surface area contributed by atoms with Crippen molar-refractivity contribution in [2.24, 2.45) is 0 Å². The summed E-state index contributed by atoms with van der Waals surface area (Å²) < 4.78 is 0. The van der Waals surface area contributed by atoms with Crippen LogP contribution >= 0.6 is 12.6 Å². The highest BCUT2D eigenvalue weighted by Gasteiger charge is 2.03. The molecule has 1 N–H and O–H groups in total. The summed E-state index contributed by atoms with van der Waals surface area (Å²) in [6.45, 7) is 2.22. The van der Waals surface area contributed by atoms with Crippen LogP contribution in [0.4, 0.5) is 0 Å². The van der Waals surface area contributed by atoms with Crippen molar-refractivity contribution in [3.8, 4) is 5.75 Å². The first kappa shape index (κ1) is 12.4. The lowest BCUT2D eigenvalue weighted by atomic mass is 10.0. The van der Waals surface area contributed by atoms with Crippen molar-refractivity contribution in [1.82, 2.24) is 0 Å². The summed E-state index contributed by atoms with van der Waals surface area (Å²) in [4.78, 5) is 0.682. The lowest BCUT2D eigenvalue weighted by Gasteiger charge is -2.06. The Balaban J connectivity index is 2.34. The van der Waals surface area contributed by atoms with Crippen LogP contribution in [0.25, 0.3) is 0 Å². The fourth-order valence-electron chi connectivity index (χ4n) is 1.70. The molecular formula is C13H20OS. The molecule has 0 amide bonds. The third kappa shape index (κ3) is 4.17. The average Bonchev–Trinajstić information content (AvgIpc) is 2.24. The zero-order chi connectivity index (χ0) is 11.1. The molecule has 0 fully saturated rings. The number of hydrogen-bond acceptors (Lipinski definition) is 2. The fourth-order valence-corrected chi connectivity index (χ4v) is 1.93. The molecule has 0 aromatic heterocycles. The van der Waals surface area contributed by atoms with Crippen LogP contribution in [0.3, 0.4) is 0 Å². The molecule has 0 spiro atoms. The number of hydrogen-bond donors (Lipinski definition) is 2. The van der Waals surface area contributed by atoms with Gasteiger partial charge in [0.2, 0.25) is 0 Å². The van der Waals surface area contributed by atoms with E-state index in [1.807, 2.05) is 18.2 Å². The number of benzene rings is 1. The van der Waals surface area contributed by atoms with Gasteiger partial charge < -0.3 is 5.11 Å². The molecule has 1 aromatic rings. The standard InChI is InChI=1S/C13H20OS/c1-2-3-4-5-6-8-11-9-7-10-12(15)13(11)14/h7,9-10,14-15H,2-6,8H2,1H3. The summed E-state index contributed by atoms with van der Waals surface area (Å²) in [6.07, 6.45) is 7.27. The van der Waals surface area contributed by atoms with Crippen molar-refractivity contribution in [2.75, 3.05) is 0 Å². The number of thiol groups is 1. The van der Waals surface area contributed by atoms with Crippen LogP contribution in [0.5, 0.6) is 5.75 Å². The van der Waals surface area contributed by atoms with Gasteiger partial charge in [0.1, 0.15) is 5.75 Å². The van der Waals surface area contributed by atoms with E-state index in [1.165, 1.54) is 25.7 Å². The van der Waals surface area contributed by atoms with E-state index in [9.17, 15) is 5.11 Å². The van der Waals surface area contributed by atoms with Gasteiger partial charge in [-0.25, -0.2) is 0 Å². The number of para-hydroxylation sites is 1. The Labute approximate surface area is 97.9 Å². The van der Waals surface area contributed by atoms with Crippen LogP contribution in [0.2, 0.25) is 0 Å². The molecule has 0 radical (unpaired) electrons. The van der Waals surface area contributed by atoms with E-state index < -0.39 is 0 Å². The Morgan fingerprint density at radius 3 is 2.60 bits per heavy atom. The molecule has 0 unspecified atom stereocenters. The van der Waals surface area contributed by atoms with Gasteiger partial charge in [0.05, 0.1) is 0 Å². The lowest BCUT2D eigenvalue weighted by molar-refractivity contribution is 0.453. The Hall–Kier alpha value is -0.630. The summed E-state index contributed by atoms with van der Waals surface area (Å²) in [5.74, 6) is 0.358. The van der Waals surface area contributed by atoms with Gasteiger partial charge in [0.25, 0.3) is 0 Å². The molecule has 0 aliphatic heterocycles. The minimum Gasteiger partial charge on any atom is -0.507 e. The molecule has 0 bridgehead atoms. The van der Waals surface area contributed by atoms with E-state index in [4.69, 9.17) is 0 Å². The molecule has 0 aliphatic rings. The average molecular weight is 224 g/mol. The molecule has 0 saturated heterocycles. The molecule has 0 heterocycles. The second kappa shape index (κ2) is 6.78. The number of phenols is 1. The van der Waals surface area contributed by atoms with Crippen LogP contribution in [0.15, 0.2) is 23.1 Å². The van der Waals surface area contributed by atoms with Gasteiger partial charge in [-0.15, -0.1) is 12.6 Å². The van der Waals surface area contributed by atoms with E-state index in [-0.39, 0.29) is 0 Å². The minimum atomic E-state index is 0.358. The molecule has 1 nitrogen and oxygen atoms in total. The van der Waals surface area contributed by atoms with Crippen molar-refractivity contribution >= 4 is 12.6 Å². The predicted octanol–water partition coefficient (Wildman–Crippen LogP) is 4.19. The van der Waals surface area contributed by atoms with Crippen molar-refractivity contribution in [3.05, 3.63) is 23.8 Å². The Morgan fingerprint density at radius 2 is 1.87 bits per heavy atom. The molecule has 1 rings (SSSR count). The minimum absolute atomic E-state index is 0.358. The lowest BCUT2D eigenvalue weighted by Crippen LogP contribution is -1.87. The van der Waals surface area contributed by atoms with E-state index in [0.29, 0.717) is 10.6 Å². The van der Waals surface area contributed by atoms with E-state index in [1.54, 1.807) is 0 Å². The summed E-state index contributed by atoms with van der Waals surface area (Å²) in [5.41, 5.74) is 1.03. The first-order chi connectivity index (χ1) is 7.25. The zero-order valence-electron chi connectivity index (χ0n) is 9.37. The third-order valence-corrected chi connectivity index (χ3v) is 3.01. The van der Waals surface area contributed by atoms with Gasteiger partial charge in [0, 0.05) is 4.90 Å². The Morgan fingerprint density at radius 1 is 1.13 bits per heavy atom. The maximum Gasteiger partial charge on any atom is 0.132 e. The van der Waals surface area contributed by atoms with Crippen LogP contribution in [-0.4, -0.2) is 5.11 Å². The van der Waals surface area contributed by atoms with Gasteiger partial charge in [-0.3, -0.25) is 0 Å². The number of aromatic hydroxyl groups is 1. The highest BCUT2D eigenvalue weighted by molar-refractivity contribution is 7.80. The third-order valence-electron chi connectivity index (χ3n) is 2.65. The van der Waals surface area contributed by atoms with Crippen molar-refractivity contribution < 1.29 is 5.11 Å². The quantitative estimate of drug-likeness (QED) is 0.548. The number of phenolic OH excluding ortho intramolecular Hbond substituents is 1. The molecule has 1 aromatic carbocycles. The van der Waals surface area contributed by atoms with E-state index in [2.05, 4.69) is 19.6 Å². The predicted molar refractivity (Wildman–Crippen MR) is 67.8 cm³/mol. The number of rotatable bonds is 6. The van der Waals surface area contributed by atoms with E-state index >= 15 is 0 Å². The van der Waals surface area contributed by atoms with E-state index in [0.717, 1.165) is 18.4 Å². The molecule has 0 saturated carbocycles. The van der Waals surface area contributed by atoms with Crippen LogP contribution in [0, 0.1) is 0 Å².